The molecule has 1 aliphatic heterocycles. The molecule has 3 fully saturated rings. The van der Waals surface area contributed by atoms with E-state index in [0.29, 0.717) is 12.0 Å². The third-order valence-electron chi connectivity index (χ3n) is 4.50. The van der Waals surface area contributed by atoms with E-state index in [1.165, 1.54) is 44.9 Å². The summed E-state index contributed by atoms with van der Waals surface area (Å²) in [5.74, 6) is 0.459. The molecule has 2 aliphatic carbocycles. The van der Waals surface area contributed by atoms with E-state index in [4.69, 9.17) is 4.74 Å². The molecule has 0 aromatic heterocycles. The number of hydrogen-bond donors (Lipinski definition) is 1. The number of aliphatic hydroxyl groups is 1. The van der Waals surface area contributed by atoms with Crippen LogP contribution in [0, 0.1) is 5.92 Å². The van der Waals surface area contributed by atoms with Gasteiger partial charge in [-0.2, -0.15) is 0 Å². The third kappa shape index (κ3) is 1.31. The van der Waals surface area contributed by atoms with Crippen molar-refractivity contribution in [2.75, 3.05) is 0 Å². The normalized spacial score (nSPS) is 45.6. The molecule has 14 heavy (non-hydrogen) atoms. The molecule has 80 valence electrons. The Hall–Kier alpha value is -0.0800. The van der Waals surface area contributed by atoms with Gasteiger partial charge >= 0.3 is 0 Å². The number of hydrogen-bond acceptors (Lipinski definition) is 2. The van der Waals surface area contributed by atoms with Gasteiger partial charge in [0.2, 0.25) is 0 Å². The van der Waals surface area contributed by atoms with Gasteiger partial charge in [-0.25, -0.2) is 0 Å². The summed E-state index contributed by atoms with van der Waals surface area (Å²) in [5.41, 5.74) is 0.0882. The SMILES string of the molecule is OC1CC2(CCCC2)OC2CCCC12. The van der Waals surface area contributed by atoms with Crippen molar-refractivity contribution in [3.63, 3.8) is 0 Å². The number of rotatable bonds is 0. The minimum atomic E-state index is -0.0747. The highest BCUT2D eigenvalue weighted by molar-refractivity contribution is 4.99. The first-order valence-electron chi connectivity index (χ1n) is 6.15. The zero-order chi connectivity index (χ0) is 9.60. The van der Waals surface area contributed by atoms with Crippen molar-refractivity contribution in [1.82, 2.24) is 0 Å². The van der Waals surface area contributed by atoms with Crippen LogP contribution in [0.25, 0.3) is 0 Å². The highest BCUT2D eigenvalue weighted by Gasteiger charge is 2.48. The summed E-state index contributed by atoms with van der Waals surface area (Å²) >= 11 is 0. The Balaban J connectivity index is 1.79. The predicted molar refractivity (Wildman–Crippen MR) is 54.0 cm³/mol. The Morgan fingerprint density at radius 2 is 1.86 bits per heavy atom. The summed E-state index contributed by atoms with van der Waals surface area (Å²) in [6, 6.07) is 0. The quantitative estimate of drug-likeness (QED) is 0.644. The largest absolute Gasteiger partial charge is 0.393 e. The van der Waals surface area contributed by atoms with E-state index in [-0.39, 0.29) is 11.7 Å². The van der Waals surface area contributed by atoms with Crippen molar-refractivity contribution in [3.8, 4) is 0 Å². The lowest BCUT2D eigenvalue weighted by Gasteiger charge is -2.43. The van der Waals surface area contributed by atoms with Crippen LogP contribution in [0.3, 0.4) is 0 Å². The van der Waals surface area contributed by atoms with Crippen LogP contribution in [0.1, 0.15) is 51.4 Å². The Bertz CT molecular complexity index is 220. The highest BCUT2D eigenvalue weighted by Crippen LogP contribution is 2.47. The maximum absolute atomic E-state index is 10.1. The molecule has 3 atom stereocenters. The lowest BCUT2D eigenvalue weighted by Crippen LogP contribution is -2.48. The molecule has 1 N–H and O–H groups in total. The monoisotopic (exact) mass is 196 g/mol. The molecule has 2 nitrogen and oxygen atoms in total. The second kappa shape index (κ2) is 3.21. The molecule has 0 aromatic rings. The first-order chi connectivity index (χ1) is 6.79. The Labute approximate surface area is 85.6 Å². The summed E-state index contributed by atoms with van der Waals surface area (Å²) in [5, 5.41) is 10.1. The number of fused-ring (bicyclic) bond motifs is 1. The van der Waals surface area contributed by atoms with E-state index in [1.807, 2.05) is 0 Å². The molecule has 1 saturated heterocycles. The standard InChI is InChI=1S/C12H20O2/c13-10-8-12(6-1-2-7-12)14-11-5-3-4-9(10)11/h9-11,13H,1-8H2. The van der Waals surface area contributed by atoms with Crippen LogP contribution in [0.15, 0.2) is 0 Å². The lowest BCUT2D eigenvalue weighted by molar-refractivity contribution is -0.179. The second-order valence-corrected chi connectivity index (χ2v) is 5.41. The van der Waals surface area contributed by atoms with Gasteiger partial charge < -0.3 is 9.84 Å². The molecule has 0 aromatic carbocycles. The first kappa shape index (κ1) is 9.17. The summed E-state index contributed by atoms with van der Waals surface area (Å²) in [4.78, 5) is 0. The summed E-state index contributed by atoms with van der Waals surface area (Å²) in [6.45, 7) is 0. The minimum absolute atomic E-state index is 0.0747. The Morgan fingerprint density at radius 1 is 1.07 bits per heavy atom. The zero-order valence-electron chi connectivity index (χ0n) is 8.74. The van der Waals surface area contributed by atoms with Crippen LogP contribution in [-0.2, 0) is 4.74 Å². The van der Waals surface area contributed by atoms with Gasteiger partial charge in [0, 0.05) is 12.3 Å². The average molecular weight is 196 g/mol. The van der Waals surface area contributed by atoms with Gasteiger partial charge in [-0.05, 0) is 25.7 Å². The van der Waals surface area contributed by atoms with Crippen LogP contribution in [0.4, 0.5) is 0 Å². The second-order valence-electron chi connectivity index (χ2n) is 5.41. The van der Waals surface area contributed by atoms with Crippen molar-refractivity contribution in [2.24, 2.45) is 5.92 Å². The minimum Gasteiger partial charge on any atom is -0.393 e. The molecule has 2 heteroatoms. The molecular formula is C12H20O2. The molecule has 3 rings (SSSR count). The number of aliphatic hydroxyl groups excluding tert-OH is 1. The molecule has 0 bridgehead atoms. The highest BCUT2D eigenvalue weighted by atomic mass is 16.5. The molecule has 0 amide bonds. The van der Waals surface area contributed by atoms with Gasteiger partial charge in [-0.1, -0.05) is 19.3 Å². The zero-order valence-corrected chi connectivity index (χ0v) is 8.74. The molecule has 3 unspecified atom stereocenters. The van der Waals surface area contributed by atoms with Crippen molar-refractivity contribution in [2.45, 2.75) is 69.2 Å². The molecule has 1 spiro atoms. The number of ether oxygens (including phenoxy) is 1. The summed E-state index contributed by atoms with van der Waals surface area (Å²) < 4.78 is 6.27. The van der Waals surface area contributed by atoms with Gasteiger partial charge in [0.05, 0.1) is 17.8 Å². The smallest absolute Gasteiger partial charge is 0.0711 e. The summed E-state index contributed by atoms with van der Waals surface area (Å²) in [6.07, 6.45) is 9.81. The molecule has 3 aliphatic rings. The first-order valence-corrected chi connectivity index (χ1v) is 6.15. The molecule has 1 heterocycles. The van der Waals surface area contributed by atoms with Crippen LogP contribution < -0.4 is 0 Å². The predicted octanol–water partition coefficient (Wildman–Crippen LogP) is 2.25. The van der Waals surface area contributed by atoms with Gasteiger partial charge in [0.1, 0.15) is 0 Å². The molecule has 2 saturated carbocycles. The topological polar surface area (TPSA) is 29.5 Å². The third-order valence-corrected chi connectivity index (χ3v) is 4.50. The summed E-state index contributed by atoms with van der Waals surface area (Å²) in [7, 11) is 0. The maximum Gasteiger partial charge on any atom is 0.0711 e. The van der Waals surface area contributed by atoms with E-state index < -0.39 is 0 Å². The molecular weight excluding hydrogens is 176 g/mol. The Kier molecular flexibility index (Phi) is 2.10. The van der Waals surface area contributed by atoms with Gasteiger partial charge in [-0.15, -0.1) is 0 Å². The fourth-order valence-electron chi connectivity index (χ4n) is 3.78. The van der Waals surface area contributed by atoms with Crippen LogP contribution >= 0.6 is 0 Å². The van der Waals surface area contributed by atoms with Gasteiger partial charge in [0.15, 0.2) is 0 Å². The fraction of sp³-hybridized carbons (Fsp3) is 1.00. The average Bonchev–Trinajstić information content (AvgIpc) is 2.75. The molecule has 0 radical (unpaired) electrons. The fourth-order valence-corrected chi connectivity index (χ4v) is 3.78. The van der Waals surface area contributed by atoms with Crippen molar-refractivity contribution in [3.05, 3.63) is 0 Å². The van der Waals surface area contributed by atoms with Crippen LogP contribution in [-0.4, -0.2) is 22.9 Å². The van der Waals surface area contributed by atoms with Crippen LogP contribution in [0.5, 0.6) is 0 Å². The Morgan fingerprint density at radius 3 is 2.64 bits per heavy atom. The van der Waals surface area contributed by atoms with E-state index in [9.17, 15) is 5.11 Å². The van der Waals surface area contributed by atoms with E-state index in [1.54, 1.807) is 0 Å². The lowest BCUT2D eigenvalue weighted by atomic mass is 9.82. The van der Waals surface area contributed by atoms with E-state index in [0.717, 1.165) is 6.42 Å². The van der Waals surface area contributed by atoms with Crippen molar-refractivity contribution in [1.29, 1.82) is 0 Å². The van der Waals surface area contributed by atoms with Gasteiger partial charge in [0.25, 0.3) is 0 Å². The van der Waals surface area contributed by atoms with E-state index in [2.05, 4.69) is 0 Å². The van der Waals surface area contributed by atoms with Crippen molar-refractivity contribution >= 4 is 0 Å². The van der Waals surface area contributed by atoms with Gasteiger partial charge in [-0.3, -0.25) is 0 Å². The van der Waals surface area contributed by atoms with Crippen molar-refractivity contribution < 1.29 is 9.84 Å². The maximum atomic E-state index is 10.1. The van der Waals surface area contributed by atoms with Crippen LogP contribution in [0.2, 0.25) is 0 Å². The van der Waals surface area contributed by atoms with E-state index >= 15 is 0 Å².